The van der Waals surface area contributed by atoms with Crippen LogP contribution < -0.4 is 10.6 Å². The number of hydrogen-bond acceptors (Lipinski definition) is 5. The van der Waals surface area contributed by atoms with Gasteiger partial charge in [-0.15, -0.1) is 0 Å². The largest absolute Gasteiger partial charge is 0.383 e. The number of rotatable bonds is 2. The molecule has 94 valence electrons. The molecule has 2 fully saturated rings. The van der Waals surface area contributed by atoms with E-state index in [9.17, 15) is 0 Å². The molecule has 0 aromatic carbocycles. The quantitative estimate of drug-likeness (QED) is 0.871. The average molecular weight is 252 g/mol. The second kappa shape index (κ2) is 4.14. The molecule has 0 spiro atoms. The van der Waals surface area contributed by atoms with Gasteiger partial charge in [0.05, 0.1) is 0 Å². The van der Waals surface area contributed by atoms with Crippen LogP contribution in [0.25, 0.3) is 0 Å². The maximum atomic E-state index is 6.01. The predicted octanol–water partition coefficient (Wildman–Crippen LogP) is 1.74. The maximum Gasteiger partial charge on any atom is 0.142 e. The Morgan fingerprint density at radius 1 is 1.35 bits per heavy atom. The molecule has 3 rings (SSSR count). The molecule has 2 heterocycles. The fraction of sp³-hybridized carbons (Fsp3) is 0.750. The van der Waals surface area contributed by atoms with Crippen molar-refractivity contribution in [2.75, 3.05) is 37.3 Å². The Balaban J connectivity index is 1.84. The highest BCUT2D eigenvalue weighted by atomic mass is 32.1. The van der Waals surface area contributed by atoms with Gasteiger partial charge in [0.2, 0.25) is 0 Å². The van der Waals surface area contributed by atoms with Gasteiger partial charge in [0.25, 0.3) is 0 Å². The Bertz CT molecular complexity index is 413. The first-order valence-corrected chi connectivity index (χ1v) is 7.14. The molecule has 1 aromatic rings. The summed E-state index contributed by atoms with van der Waals surface area (Å²) in [4.78, 5) is 4.89. The molecule has 2 N–H and O–H groups in total. The summed E-state index contributed by atoms with van der Waals surface area (Å²) in [6.45, 7) is 5.61. The highest BCUT2D eigenvalue weighted by Gasteiger charge is 2.33. The van der Waals surface area contributed by atoms with Gasteiger partial charge in [0.1, 0.15) is 10.8 Å². The maximum absolute atomic E-state index is 6.01. The van der Waals surface area contributed by atoms with E-state index in [0.29, 0.717) is 12.0 Å². The minimum atomic E-state index is 0.610. The van der Waals surface area contributed by atoms with Crippen LogP contribution in [0.3, 0.4) is 0 Å². The van der Waals surface area contributed by atoms with Crippen molar-refractivity contribution in [3.05, 3.63) is 5.56 Å². The van der Waals surface area contributed by atoms with E-state index in [4.69, 9.17) is 5.73 Å². The fourth-order valence-electron chi connectivity index (χ4n) is 2.52. The second-order valence-corrected chi connectivity index (χ2v) is 6.09. The molecule has 0 radical (unpaired) electrons. The number of piperazine rings is 1. The Morgan fingerprint density at radius 3 is 2.76 bits per heavy atom. The summed E-state index contributed by atoms with van der Waals surface area (Å²) in [5.41, 5.74) is 7.35. The van der Waals surface area contributed by atoms with Crippen molar-refractivity contribution in [2.45, 2.75) is 31.7 Å². The predicted molar refractivity (Wildman–Crippen MR) is 72.8 cm³/mol. The van der Waals surface area contributed by atoms with E-state index in [-0.39, 0.29) is 0 Å². The molecule has 1 aromatic heterocycles. The van der Waals surface area contributed by atoms with Crippen molar-refractivity contribution in [1.82, 2.24) is 9.27 Å². The zero-order valence-corrected chi connectivity index (χ0v) is 11.3. The highest BCUT2D eigenvalue weighted by molar-refractivity contribution is 7.10. The first-order chi connectivity index (χ1) is 8.16. The normalized spacial score (nSPS) is 26.5. The molecule has 1 aliphatic heterocycles. The van der Waals surface area contributed by atoms with E-state index >= 15 is 0 Å². The van der Waals surface area contributed by atoms with E-state index in [2.05, 4.69) is 28.1 Å². The molecule has 4 nitrogen and oxygen atoms in total. The van der Waals surface area contributed by atoms with Crippen LogP contribution in [-0.2, 0) is 0 Å². The first kappa shape index (κ1) is 11.3. The van der Waals surface area contributed by atoms with Crippen molar-refractivity contribution in [1.29, 1.82) is 0 Å². The van der Waals surface area contributed by atoms with E-state index in [0.717, 1.165) is 25.5 Å². The molecule has 1 aliphatic carbocycles. The lowest BCUT2D eigenvalue weighted by atomic mass is 10.1. The lowest BCUT2D eigenvalue weighted by Gasteiger charge is -2.38. The van der Waals surface area contributed by atoms with E-state index in [1.54, 1.807) is 11.5 Å². The molecule has 17 heavy (non-hydrogen) atoms. The molecule has 0 bridgehead atoms. The van der Waals surface area contributed by atoms with Crippen molar-refractivity contribution >= 4 is 22.4 Å². The van der Waals surface area contributed by atoms with Crippen molar-refractivity contribution in [3.63, 3.8) is 0 Å². The van der Waals surface area contributed by atoms with Gasteiger partial charge in [-0.05, 0) is 44.3 Å². The van der Waals surface area contributed by atoms with E-state index < -0.39 is 0 Å². The summed E-state index contributed by atoms with van der Waals surface area (Å²) < 4.78 is 4.36. The number of anilines is 2. The number of hydrogen-bond donors (Lipinski definition) is 1. The Morgan fingerprint density at radius 2 is 2.12 bits per heavy atom. The zero-order valence-electron chi connectivity index (χ0n) is 10.5. The highest BCUT2D eigenvalue weighted by Crippen LogP contribution is 2.49. The standard InChI is InChI=1S/C12H20N4S/c1-8-7-16(6-5-15(8)2)12-10(9-3-4-9)11(13)14-17-12/h8-9H,3-7H2,1-2H3,(H2,13,14). The minimum absolute atomic E-state index is 0.610. The smallest absolute Gasteiger partial charge is 0.142 e. The molecule has 1 saturated heterocycles. The lowest BCUT2D eigenvalue weighted by molar-refractivity contribution is 0.234. The third-order valence-electron chi connectivity index (χ3n) is 3.97. The van der Waals surface area contributed by atoms with Crippen LogP contribution in [0.5, 0.6) is 0 Å². The van der Waals surface area contributed by atoms with Crippen LogP contribution in [-0.4, -0.2) is 42.0 Å². The van der Waals surface area contributed by atoms with Crippen LogP contribution in [0.1, 0.15) is 31.2 Å². The summed E-state index contributed by atoms with van der Waals surface area (Å²) in [7, 11) is 2.20. The Labute approximate surface area is 107 Å². The summed E-state index contributed by atoms with van der Waals surface area (Å²) in [6.07, 6.45) is 2.58. The number of likely N-dealkylation sites (N-methyl/N-ethyl adjacent to an activating group) is 1. The third kappa shape index (κ3) is 2.02. The van der Waals surface area contributed by atoms with Gasteiger partial charge in [0.15, 0.2) is 0 Å². The number of nitrogen functional groups attached to an aromatic ring is 1. The van der Waals surface area contributed by atoms with Gasteiger partial charge in [-0.1, -0.05) is 0 Å². The van der Waals surface area contributed by atoms with Crippen LogP contribution in [0.4, 0.5) is 10.8 Å². The van der Waals surface area contributed by atoms with Crippen molar-refractivity contribution < 1.29 is 0 Å². The molecule has 2 aliphatic rings. The lowest BCUT2D eigenvalue weighted by Crippen LogP contribution is -2.50. The summed E-state index contributed by atoms with van der Waals surface area (Å²) in [5, 5.41) is 1.34. The number of nitrogens with two attached hydrogens (primary N) is 1. The topological polar surface area (TPSA) is 45.4 Å². The second-order valence-electron chi connectivity index (χ2n) is 5.34. The summed E-state index contributed by atoms with van der Waals surface area (Å²) in [5.74, 6) is 1.47. The van der Waals surface area contributed by atoms with Crippen LogP contribution >= 0.6 is 11.5 Å². The van der Waals surface area contributed by atoms with E-state index in [1.165, 1.54) is 23.4 Å². The molecular weight excluding hydrogens is 232 g/mol. The third-order valence-corrected chi connectivity index (χ3v) is 4.91. The molecule has 1 atom stereocenters. The van der Waals surface area contributed by atoms with Gasteiger partial charge in [0, 0.05) is 31.2 Å². The van der Waals surface area contributed by atoms with Crippen LogP contribution in [0.15, 0.2) is 0 Å². The molecule has 0 amide bonds. The Hall–Kier alpha value is -0.810. The SMILES string of the molecule is CC1CN(c2snc(N)c2C2CC2)CCN1C. The summed E-state index contributed by atoms with van der Waals surface area (Å²) >= 11 is 1.59. The van der Waals surface area contributed by atoms with E-state index in [1.807, 2.05) is 0 Å². The van der Waals surface area contributed by atoms with Crippen LogP contribution in [0, 0.1) is 0 Å². The monoisotopic (exact) mass is 252 g/mol. The number of nitrogens with zero attached hydrogens (tertiary/aromatic N) is 3. The molecule has 1 saturated carbocycles. The number of aromatic nitrogens is 1. The fourth-order valence-corrected chi connectivity index (χ4v) is 3.45. The van der Waals surface area contributed by atoms with Crippen molar-refractivity contribution in [3.8, 4) is 0 Å². The van der Waals surface area contributed by atoms with Gasteiger partial charge in [-0.3, -0.25) is 0 Å². The molecular formula is C12H20N4S. The van der Waals surface area contributed by atoms with Crippen LogP contribution in [0.2, 0.25) is 0 Å². The average Bonchev–Trinajstić information content (AvgIpc) is 3.06. The molecule has 1 unspecified atom stereocenters. The Kier molecular flexibility index (Phi) is 2.75. The van der Waals surface area contributed by atoms with Gasteiger partial charge in [-0.25, -0.2) is 0 Å². The van der Waals surface area contributed by atoms with Gasteiger partial charge in [-0.2, -0.15) is 4.37 Å². The zero-order chi connectivity index (χ0) is 12.0. The van der Waals surface area contributed by atoms with Gasteiger partial charge < -0.3 is 15.5 Å². The molecule has 5 heteroatoms. The van der Waals surface area contributed by atoms with Gasteiger partial charge >= 0.3 is 0 Å². The minimum Gasteiger partial charge on any atom is -0.383 e. The first-order valence-electron chi connectivity index (χ1n) is 6.37. The van der Waals surface area contributed by atoms with Crippen molar-refractivity contribution in [2.24, 2.45) is 0 Å². The summed E-state index contributed by atoms with van der Waals surface area (Å²) in [6, 6.07) is 0.610.